The first kappa shape index (κ1) is 26.1. The van der Waals surface area contributed by atoms with Crippen LogP contribution in [0.25, 0.3) is 22.2 Å². The van der Waals surface area contributed by atoms with E-state index >= 15 is 0 Å². The first-order valence-corrected chi connectivity index (χ1v) is 14.0. The largest absolute Gasteiger partial charge is 0.490 e. The molecule has 1 aromatic heterocycles. The van der Waals surface area contributed by atoms with Gasteiger partial charge < -0.3 is 20.1 Å². The molecule has 3 N–H and O–H groups in total. The molecule has 40 heavy (non-hydrogen) atoms. The smallest absolute Gasteiger partial charge is 0.251 e. The van der Waals surface area contributed by atoms with Gasteiger partial charge in [-0.2, -0.15) is 5.10 Å². The lowest BCUT2D eigenvalue weighted by Crippen LogP contribution is -2.45. The van der Waals surface area contributed by atoms with Crippen molar-refractivity contribution in [2.24, 2.45) is 5.92 Å². The number of H-pyrrole nitrogens is 1. The molecule has 4 aromatic rings. The molecule has 2 aliphatic rings. The summed E-state index contributed by atoms with van der Waals surface area (Å²) in [4.78, 5) is 27.0. The molecule has 8 heteroatoms. The fraction of sp³-hybridized carbons (Fsp3) is 0.344. The molecule has 8 nitrogen and oxygen atoms in total. The van der Waals surface area contributed by atoms with Crippen molar-refractivity contribution in [3.05, 3.63) is 83.9 Å². The molecule has 1 aliphatic carbocycles. The number of nitrogens with one attached hydrogen (secondary N) is 2. The predicted octanol–water partition coefficient (Wildman–Crippen LogP) is 4.86. The lowest BCUT2D eigenvalue weighted by molar-refractivity contribution is -0.141. The highest BCUT2D eigenvalue weighted by Crippen LogP contribution is 2.41. The maximum Gasteiger partial charge on any atom is 0.251 e. The molecular weight excluding hydrogens is 504 g/mol. The van der Waals surface area contributed by atoms with E-state index in [2.05, 4.69) is 27.6 Å². The third-order valence-corrected chi connectivity index (χ3v) is 7.91. The average molecular weight is 539 g/mol. The number of nitrogens with zero attached hydrogens (tertiary/aromatic N) is 2. The summed E-state index contributed by atoms with van der Waals surface area (Å²) in [5.41, 5.74) is 4.32. The van der Waals surface area contributed by atoms with Gasteiger partial charge in [0.2, 0.25) is 0 Å². The monoisotopic (exact) mass is 538 g/mol. The van der Waals surface area contributed by atoms with Crippen LogP contribution in [0.4, 0.5) is 0 Å². The first-order valence-electron chi connectivity index (χ1n) is 14.0. The quantitative estimate of drug-likeness (QED) is 0.297. The number of rotatable bonds is 8. The van der Waals surface area contributed by atoms with Crippen LogP contribution in [0.5, 0.6) is 5.75 Å². The van der Waals surface area contributed by atoms with Crippen molar-refractivity contribution in [3.63, 3.8) is 0 Å². The highest BCUT2D eigenvalue weighted by Gasteiger charge is 2.33. The van der Waals surface area contributed by atoms with Gasteiger partial charge in [0, 0.05) is 42.4 Å². The number of aliphatic hydroxyl groups excluding tert-OH is 1. The van der Waals surface area contributed by atoms with Crippen LogP contribution >= 0.6 is 0 Å². The molecule has 1 aliphatic heterocycles. The number of aromatic nitrogens is 2. The number of aliphatic hydroxyl groups is 1. The topological polar surface area (TPSA) is 108 Å². The van der Waals surface area contributed by atoms with Gasteiger partial charge in [0.15, 0.2) is 0 Å². The summed E-state index contributed by atoms with van der Waals surface area (Å²) in [5.74, 6) is 0.934. The van der Waals surface area contributed by atoms with Gasteiger partial charge >= 0.3 is 0 Å². The van der Waals surface area contributed by atoms with Crippen LogP contribution in [0, 0.1) is 5.92 Å². The zero-order chi connectivity index (χ0) is 27.6. The summed E-state index contributed by atoms with van der Waals surface area (Å²) in [5, 5.41) is 21.3. The molecule has 0 spiro atoms. The van der Waals surface area contributed by atoms with Crippen molar-refractivity contribution in [1.29, 1.82) is 0 Å². The summed E-state index contributed by atoms with van der Waals surface area (Å²) < 4.78 is 6.17. The van der Waals surface area contributed by atoms with E-state index in [1.807, 2.05) is 60.7 Å². The Labute approximate surface area is 233 Å². The van der Waals surface area contributed by atoms with Gasteiger partial charge in [0.25, 0.3) is 11.8 Å². The highest BCUT2D eigenvalue weighted by atomic mass is 16.5. The van der Waals surface area contributed by atoms with Gasteiger partial charge in [0.05, 0.1) is 17.3 Å². The van der Waals surface area contributed by atoms with Gasteiger partial charge in [-0.1, -0.05) is 30.3 Å². The molecule has 3 aromatic carbocycles. The van der Waals surface area contributed by atoms with E-state index in [0.717, 1.165) is 59.2 Å². The zero-order valence-corrected chi connectivity index (χ0v) is 22.5. The number of amides is 2. The van der Waals surface area contributed by atoms with E-state index in [-0.39, 0.29) is 24.0 Å². The Kier molecular flexibility index (Phi) is 7.26. The second kappa shape index (κ2) is 11.1. The number of piperidine rings is 1. The Hall–Kier alpha value is -4.17. The molecule has 1 unspecified atom stereocenters. The van der Waals surface area contributed by atoms with Crippen LogP contribution in [-0.4, -0.2) is 57.3 Å². The number of fused-ring (bicyclic) bond motifs is 1. The number of hydrogen-bond acceptors (Lipinski definition) is 5. The third-order valence-electron chi connectivity index (χ3n) is 7.91. The highest BCUT2D eigenvalue weighted by molar-refractivity contribution is 6.01. The molecule has 2 fully saturated rings. The number of likely N-dealkylation sites (tertiary alicyclic amines) is 1. The molecule has 0 radical (unpaired) electrons. The van der Waals surface area contributed by atoms with Crippen molar-refractivity contribution in [3.8, 4) is 17.0 Å². The van der Waals surface area contributed by atoms with Crippen molar-refractivity contribution >= 4 is 22.7 Å². The Morgan fingerprint density at radius 2 is 1.73 bits per heavy atom. The molecule has 2 heterocycles. The predicted molar refractivity (Wildman–Crippen MR) is 153 cm³/mol. The van der Waals surface area contributed by atoms with E-state index in [9.17, 15) is 14.7 Å². The normalized spacial score (nSPS) is 17.4. The standard InChI is InChI=1S/C32H34N4O4/c1-20(37)32(39)36-17-15-26(16-18-36)40-25-12-9-23(10-13-25)30-27-19-24(11-14-28(27)34-35-30)31(38)33-29(22-7-8-22)21-5-3-2-4-6-21/h2-6,9-14,19-20,22,26,29,37H,7-8,15-18H2,1H3,(H,33,38)(H,34,35)/t20-,29?/m1/s1. The van der Waals surface area contributed by atoms with Crippen LogP contribution in [-0.2, 0) is 4.79 Å². The van der Waals surface area contributed by atoms with E-state index in [4.69, 9.17) is 4.74 Å². The second-order valence-electron chi connectivity index (χ2n) is 10.9. The molecule has 1 saturated heterocycles. The summed E-state index contributed by atoms with van der Waals surface area (Å²) in [7, 11) is 0. The van der Waals surface area contributed by atoms with Gasteiger partial charge in [-0.05, 0) is 73.7 Å². The Balaban J connectivity index is 1.14. The van der Waals surface area contributed by atoms with Crippen LogP contribution in [0.15, 0.2) is 72.8 Å². The molecule has 0 bridgehead atoms. The Morgan fingerprint density at radius 3 is 2.40 bits per heavy atom. The minimum absolute atomic E-state index is 0.0199. The maximum atomic E-state index is 13.3. The van der Waals surface area contributed by atoms with Crippen LogP contribution in [0.3, 0.4) is 0 Å². The fourth-order valence-corrected chi connectivity index (χ4v) is 5.51. The Morgan fingerprint density at radius 1 is 1.00 bits per heavy atom. The molecule has 2 amide bonds. The summed E-state index contributed by atoms with van der Waals surface area (Å²) in [6.45, 7) is 2.66. The first-order chi connectivity index (χ1) is 19.5. The molecule has 6 rings (SSSR count). The van der Waals surface area contributed by atoms with E-state index in [1.54, 1.807) is 4.90 Å². The van der Waals surface area contributed by atoms with Crippen molar-refractivity contribution in [1.82, 2.24) is 20.4 Å². The zero-order valence-electron chi connectivity index (χ0n) is 22.5. The lowest BCUT2D eigenvalue weighted by Gasteiger charge is -2.32. The number of carbonyl (C=O) groups is 2. The number of ether oxygens (including phenoxy) is 1. The molecule has 2 atom stereocenters. The van der Waals surface area contributed by atoms with Crippen LogP contribution in [0.2, 0.25) is 0 Å². The number of carbonyl (C=O) groups excluding carboxylic acids is 2. The van der Waals surface area contributed by atoms with Crippen LogP contribution < -0.4 is 10.1 Å². The number of aromatic amines is 1. The van der Waals surface area contributed by atoms with Gasteiger partial charge in [-0.25, -0.2) is 0 Å². The number of hydrogen-bond donors (Lipinski definition) is 3. The van der Waals surface area contributed by atoms with Crippen LogP contribution in [0.1, 0.15) is 54.6 Å². The molecule has 206 valence electrons. The minimum Gasteiger partial charge on any atom is -0.490 e. The maximum absolute atomic E-state index is 13.3. The van der Waals surface area contributed by atoms with Gasteiger partial charge in [0.1, 0.15) is 18.0 Å². The molecular formula is C32H34N4O4. The van der Waals surface area contributed by atoms with Gasteiger partial charge in [-0.15, -0.1) is 0 Å². The Bertz CT molecular complexity index is 1490. The van der Waals surface area contributed by atoms with Crippen molar-refractivity contribution < 1.29 is 19.4 Å². The van der Waals surface area contributed by atoms with Crippen molar-refractivity contribution in [2.75, 3.05) is 13.1 Å². The third kappa shape index (κ3) is 5.58. The SMILES string of the molecule is C[C@@H](O)C(=O)N1CCC(Oc2ccc(-c3n[nH]c4ccc(C(=O)NC(c5ccccc5)C5CC5)cc34)cc2)CC1. The average Bonchev–Trinajstić information content (AvgIpc) is 3.74. The van der Waals surface area contributed by atoms with Crippen molar-refractivity contribution in [2.45, 2.75) is 50.9 Å². The second-order valence-corrected chi connectivity index (χ2v) is 10.9. The lowest BCUT2D eigenvalue weighted by atomic mass is 10.0. The van der Waals surface area contributed by atoms with E-state index in [0.29, 0.717) is 24.6 Å². The fourth-order valence-electron chi connectivity index (χ4n) is 5.51. The summed E-state index contributed by atoms with van der Waals surface area (Å²) in [6.07, 6.45) is 2.76. The minimum atomic E-state index is -0.970. The van der Waals surface area contributed by atoms with E-state index in [1.165, 1.54) is 6.92 Å². The number of benzene rings is 3. The summed E-state index contributed by atoms with van der Waals surface area (Å²) in [6, 6.07) is 23.7. The summed E-state index contributed by atoms with van der Waals surface area (Å²) >= 11 is 0. The van der Waals surface area contributed by atoms with Gasteiger partial charge in [-0.3, -0.25) is 14.7 Å². The van der Waals surface area contributed by atoms with E-state index < -0.39 is 6.10 Å². The molecule has 1 saturated carbocycles.